The minimum Gasteiger partial charge on any atom is -0.504 e. The van der Waals surface area contributed by atoms with Crippen molar-refractivity contribution in [1.29, 1.82) is 0 Å². The smallest absolute Gasteiger partial charge is 0.227 e. The van der Waals surface area contributed by atoms with Crippen molar-refractivity contribution in [2.75, 3.05) is 13.7 Å². The molecule has 2 aromatic heterocycles. The van der Waals surface area contributed by atoms with Crippen LogP contribution in [0, 0.1) is 6.92 Å². The monoisotopic (exact) mass is 427 g/mol. The first-order valence-corrected chi connectivity index (χ1v) is 9.88. The van der Waals surface area contributed by atoms with E-state index in [1.54, 1.807) is 25.3 Å². The molecule has 0 fully saturated rings. The van der Waals surface area contributed by atoms with Crippen molar-refractivity contribution >= 4 is 5.91 Å². The van der Waals surface area contributed by atoms with Gasteiger partial charge in [-0.05, 0) is 43.2 Å². The van der Waals surface area contributed by atoms with E-state index in [4.69, 9.17) is 13.6 Å². The van der Waals surface area contributed by atoms with E-state index in [0.717, 1.165) is 5.76 Å². The maximum Gasteiger partial charge on any atom is 0.227 e. The number of benzene rings is 1. The number of furan rings is 1. The minimum atomic E-state index is -0.757. The van der Waals surface area contributed by atoms with E-state index in [0.29, 0.717) is 30.7 Å². The average Bonchev–Trinajstić information content (AvgIpc) is 3.26. The molecular weight excluding hydrogens is 402 g/mol. The molecular formula is C23H25NO7. The summed E-state index contributed by atoms with van der Waals surface area (Å²) in [6.45, 7) is 2.03. The summed E-state index contributed by atoms with van der Waals surface area (Å²) in [6.07, 6.45) is 2.92. The predicted octanol–water partition coefficient (Wildman–Crippen LogP) is 3.23. The summed E-state index contributed by atoms with van der Waals surface area (Å²) in [4.78, 5) is 24.7. The van der Waals surface area contributed by atoms with Gasteiger partial charge in [0.2, 0.25) is 17.1 Å². The molecule has 1 aromatic carbocycles. The quantitative estimate of drug-likeness (QED) is 0.448. The third-order valence-corrected chi connectivity index (χ3v) is 4.89. The second kappa shape index (κ2) is 9.88. The van der Waals surface area contributed by atoms with Crippen LogP contribution in [0.1, 0.15) is 41.6 Å². The maximum absolute atomic E-state index is 12.6. The highest BCUT2D eigenvalue weighted by molar-refractivity contribution is 5.77. The highest BCUT2D eigenvalue weighted by atomic mass is 16.5. The number of hydrogen-bond acceptors (Lipinski definition) is 7. The van der Waals surface area contributed by atoms with Crippen LogP contribution in [-0.4, -0.2) is 29.8 Å². The highest BCUT2D eigenvalue weighted by Crippen LogP contribution is 2.37. The Kier molecular flexibility index (Phi) is 7.02. The van der Waals surface area contributed by atoms with E-state index in [9.17, 15) is 19.8 Å². The number of carbonyl (C=O) groups excluding carboxylic acids is 1. The number of phenols is 1. The lowest BCUT2D eigenvalue weighted by Gasteiger charge is -2.19. The number of nitrogens with one attached hydrogen (secondary N) is 1. The molecule has 31 heavy (non-hydrogen) atoms. The van der Waals surface area contributed by atoms with Crippen molar-refractivity contribution < 1.29 is 28.6 Å². The number of phenolic OH excluding ortho intramolecular Hbond substituents is 1. The third kappa shape index (κ3) is 5.48. The Balaban J connectivity index is 1.81. The SMILES string of the molecule is COc1cc([C@H](CC(=O)NCCCc2ccco2)c2oc(C)cc(=O)c2O)ccc1O. The van der Waals surface area contributed by atoms with Crippen LogP contribution in [0.4, 0.5) is 0 Å². The molecule has 164 valence electrons. The van der Waals surface area contributed by atoms with E-state index in [1.165, 1.54) is 19.2 Å². The maximum atomic E-state index is 12.6. The van der Waals surface area contributed by atoms with Gasteiger partial charge in [-0.3, -0.25) is 9.59 Å². The second-order valence-electron chi connectivity index (χ2n) is 7.16. The molecule has 1 atom stereocenters. The zero-order valence-electron chi connectivity index (χ0n) is 17.4. The van der Waals surface area contributed by atoms with Gasteiger partial charge in [0.25, 0.3) is 0 Å². The number of amides is 1. The number of ether oxygens (including phenoxy) is 1. The van der Waals surface area contributed by atoms with Gasteiger partial charge in [-0.1, -0.05) is 6.07 Å². The fraction of sp³-hybridized carbons (Fsp3) is 0.304. The summed E-state index contributed by atoms with van der Waals surface area (Å²) in [5.74, 6) is -0.302. The van der Waals surface area contributed by atoms with Gasteiger partial charge < -0.3 is 29.1 Å². The molecule has 1 amide bonds. The zero-order chi connectivity index (χ0) is 22.4. The van der Waals surface area contributed by atoms with Gasteiger partial charge >= 0.3 is 0 Å². The van der Waals surface area contributed by atoms with Crippen LogP contribution in [0.25, 0.3) is 0 Å². The van der Waals surface area contributed by atoms with Crippen LogP contribution >= 0.6 is 0 Å². The molecule has 0 saturated carbocycles. The molecule has 0 aliphatic carbocycles. The summed E-state index contributed by atoms with van der Waals surface area (Å²) in [6, 6.07) is 9.43. The molecule has 0 radical (unpaired) electrons. The summed E-state index contributed by atoms with van der Waals surface area (Å²) in [5.41, 5.74) is -0.0437. The summed E-state index contributed by atoms with van der Waals surface area (Å²) in [5, 5.41) is 23.1. The molecule has 0 saturated heterocycles. The highest BCUT2D eigenvalue weighted by Gasteiger charge is 2.26. The predicted molar refractivity (Wildman–Crippen MR) is 113 cm³/mol. The Morgan fingerprint density at radius 2 is 2.03 bits per heavy atom. The Hall–Kier alpha value is -3.68. The third-order valence-electron chi connectivity index (χ3n) is 4.89. The number of aryl methyl sites for hydroxylation is 2. The number of aromatic hydroxyl groups is 2. The first-order valence-electron chi connectivity index (χ1n) is 9.88. The van der Waals surface area contributed by atoms with Crippen molar-refractivity contribution in [3.63, 3.8) is 0 Å². The molecule has 0 aliphatic heterocycles. The summed E-state index contributed by atoms with van der Waals surface area (Å²) < 4.78 is 16.1. The molecule has 3 rings (SSSR count). The number of methoxy groups -OCH3 is 1. The Morgan fingerprint density at radius 1 is 1.23 bits per heavy atom. The molecule has 0 bridgehead atoms. The number of rotatable bonds is 9. The van der Waals surface area contributed by atoms with Crippen molar-refractivity contribution in [1.82, 2.24) is 5.32 Å². The Bertz CT molecular complexity index is 1090. The minimum absolute atomic E-state index is 0.0107. The van der Waals surface area contributed by atoms with Crippen molar-refractivity contribution in [2.45, 2.75) is 32.1 Å². The topological polar surface area (TPSA) is 122 Å². The molecule has 3 aromatic rings. The largest absolute Gasteiger partial charge is 0.504 e. The molecule has 0 spiro atoms. The lowest BCUT2D eigenvalue weighted by atomic mass is 9.91. The average molecular weight is 427 g/mol. The van der Waals surface area contributed by atoms with E-state index >= 15 is 0 Å². The van der Waals surface area contributed by atoms with Gasteiger partial charge in [0.1, 0.15) is 11.5 Å². The van der Waals surface area contributed by atoms with Gasteiger partial charge in [0, 0.05) is 25.5 Å². The Morgan fingerprint density at radius 3 is 2.74 bits per heavy atom. The van der Waals surface area contributed by atoms with Gasteiger partial charge in [-0.25, -0.2) is 0 Å². The van der Waals surface area contributed by atoms with E-state index in [2.05, 4.69) is 5.32 Å². The molecule has 0 unspecified atom stereocenters. The van der Waals surface area contributed by atoms with Crippen LogP contribution in [0.2, 0.25) is 0 Å². The van der Waals surface area contributed by atoms with Crippen molar-refractivity contribution in [2.24, 2.45) is 0 Å². The van der Waals surface area contributed by atoms with Crippen LogP contribution in [0.3, 0.4) is 0 Å². The second-order valence-corrected chi connectivity index (χ2v) is 7.16. The van der Waals surface area contributed by atoms with Crippen LogP contribution in [0.5, 0.6) is 17.2 Å². The normalized spacial score (nSPS) is 11.8. The van der Waals surface area contributed by atoms with E-state index in [-0.39, 0.29) is 29.6 Å². The number of carbonyl (C=O) groups is 1. The standard InChI is InChI=1S/C23H25NO7/c1-14-11-19(26)22(28)23(31-14)17(15-7-8-18(25)20(12-15)29-2)13-21(27)24-9-3-5-16-6-4-10-30-16/h4,6-8,10-12,17,25,28H,3,5,9,13H2,1-2H3,(H,24,27)/t17-/m0/s1. The first-order chi connectivity index (χ1) is 14.9. The van der Waals surface area contributed by atoms with Crippen molar-refractivity contribution in [3.8, 4) is 17.2 Å². The fourth-order valence-corrected chi connectivity index (χ4v) is 3.34. The van der Waals surface area contributed by atoms with Crippen LogP contribution in [-0.2, 0) is 11.2 Å². The lowest BCUT2D eigenvalue weighted by molar-refractivity contribution is -0.121. The van der Waals surface area contributed by atoms with E-state index in [1.807, 2.05) is 12.1 Å². The molecule has 8 nitrogen and oxygen atoms in total. The van der Waals surface area contributed by atoms with Crippen molar-refractivity contribution in [3.05, 3.63) is 75.7 Å². The zero-order valence-corrected chi connectivity index (χ0v) is 17.4. The Labute approximate surface area is 179 Å². The summed E-state index contributed by atoms with van der Waals surface area (Å²) in [7, 11) is 1.41. The molecule has 2 heterocycles. The number of hydrogen-bond donors (Lipinski definition) is 3. The fourth-order valence-electron chi connectivity index (χ4n) is 3.34. The summed E-state index contributed by atoms with van der Waals surface area (Å²) >= 11 is 0. The van der Waals surface area contributed by atoms with Gasteiger partial charge in [0.15, 0.2) is 17.3 Å². The molecule has 0 aliphatic rings. The van der Waals surface area contributed by atoms with Gasteiger partial charge in [-0.15, -0.1) is 0 Å². The van der Waals surface area contributed by atoms with Gasteiger partial charge in [-0.2, -0.15) is 0 Å². The van der Waals surface area contributed by atoms with E-state index < -0.39 is 17.1 Å². The lowest BCUT2D eigenvalue weighted by Crippen LogP contribution is -2.27. The van der Waals surface area contributed by atoms with Gasteiger partial charge in [0.05, 0.1) is 19.3 Å². The molecule has 3 N–H and O–H groups in total. The first kappa shape index (κ1) is 22.0. The molecule has 8 heteroatoms. The van der Waals surface area contributed by atoms with Crippen LogP contribution < -0.4 is 15.5 Å². The van der Waals surface area contributed by atoms with Crippen LogP contribution in [0.15, 0.2) is 56.3 Å².